The Morgan fingerprint density at radius 2 is 2.16 bits per heavy atom. The first-order valence-corrected chi connectivity index (χ1v) is 9.03. The van der Waals surface area contributed by atoms with Gasteiger partial charge in [0.05, 0.1) is 11.5 Å². The molecule has 19 heavy (non-hydrogen) atoms. The van der Waals surface area contributed by atoms with E-state index in [2.05, 4.69) is 5.32 Å². The average molecular weight is 288 g/mol. The van der Waals surface area contributed by atoms with Crippen molar-refractivity contribution >= 4 is 15.7 Å². The van der Waals surface area contributed by atoms with E-state index < -0.39 is 9.84 Å². The van der Waals surface area contributed by atoms with Gasteiger partial charge in [-0.1, -0.05) is 6.42 Å². The van der Waals surface area contributed by atoms with E-state index >= 15 is 0 Å². The topological polar surface area (TPSA) is 66.5 Å². The summed E-state index contributed by atoms with van der Waals surface area (Å²) in [6, 6.07) is 0.284. The summed E-state index contributed by atoms with van der Waals surface area (Å²) >= 11 is 0. The summed E-state index contributed by atoms with van der Waals surface area (Å²) in [7, 11) is -2.94. The maximum atomic E-state index is 12.2. The van der Waals surface area contributed by atoms with Crippen molar-refractivity contribution in [3.8, 4) is 0 Å². The number of nitrogens with zero attached hydrogens (tertiary/aromatic N) is 1. The van der Waals surface area contributed by atoms with Crippen molar-refractivity contribution in [2.75, 3.05) is 24.6 Å². The smallest absolute Gasteiger partial charge is 0.222 e. The van der Waals surface area contributed by atoms with E-state index in [1.165, 1.54) is 12.8 Å². The average Bonchev–Trinajstić information content (AvgIpc) is 2.36. The molecule has 1 amide bonds. The summed E-state index contributed by atoms with van der Waals surface area (Å²) in [5.41, 5.74) is 0. The van der Waals surface area contributed by atoms with Gasteiger partial charge >= 0.3 is 0 Å². The Morgan fingerprint density at radius 1 is 1.37 bits per heavy atom. The van der Waals surface area contributed by atoms with Gasteiger partial charge in [-0.2, -0.15) is 0 Å². The van der Waals surface area contributed by atoms with Crippen molar-refractivity contribution in [2.24, 2.45) is 0 Å². The monoisotopic (exact) mass is 288 g/mol. The number of carbonyl (C=O) groups excluding carboxylic acids is 1. The van der Waals surface area contributed by atoms with Gasteiger partial charge in [0.15, 0.2) is 9.84 Å². The van der Waals surface area contributed by atoms with Crippen LogP contribution in [0.4, 0.5) is 0 Å². The summed E-state index contributed by atoms with van der Waals surface area (Å²) in [5.74, 6) is 0.334. The number of rotatable bonds is 3. The van der Waals surface area contributed by atoms with Crippen LogP contribution in [0.15, 0.2) is 0 Å². The van der Waals surface area contributed by atoms with Crippen LogP contribution in [-0.4, -0.2) is 55.9 Å². The van der Waals surface area contributed by atoms with Crippen LogP contribution in [0.3, 0.4) is 0 Å². The molecule has 2 aliphatic heterocycles. The van der Waals surface area contributed by atoms with Crippen molar-refractivity contribution in [3.05, 3.63) is 0 Å². The number of hydrogen-bond donors (Lipinski definition) is 1. The van der Waals surface area contributed by atoms with Crippen molar-refractivity contribution in [2.45, 2.75) is 51.1 Å². The zero-order valence-corrected chi connectivity index (χ0v) is 12.4. The van der Waals surface area contributed by atoms with Crippen LogP contribution >= 0.6 is 0 Å². The fraction of sp³-hybridized carbons (Fsp3) is 0.923. The lowest BCUT2D eigenvalue weighted by Gasteiger charge is -2.34. The Balaban J connectivity index is 1.79. The first kappa shape index (κ1) is 14.8. The minimum atomic E-state index is -2.94. The Labute approximate surface area is 115 Å². The van der Waals surface area contributed by atoms with Crippen LogP contribution < -0.4 is 5.32 Å². The molecule has 6 heteroatoms. The summed E-state index contributed by atoms with van der Waals surface area (Å²) < 4.78 is 23.0. The molecule has 0 aliphatic carbocycles. The highest BCUT2D eigenvalue weighted by atomic mass is 32.2. The molecule has 0 aromatic carbocycles. The Morgan fingerprint density at radius 3 is 2.79 bits per heavy atom. The van der Waals surface area contributed by atoms with Crippen LogP contribution in [0.2, 0.25) is 0 Å². The molecule has 2 heterocycles. The molecule has 2 saturated heterocycles. The van der Waals surface area contributed by atoms with Crippen molar-refractivity contribution in [1.29, 1.82) is 0 Å². The maximum Gasteiger partial charge on any atom is 0.222 e. The van der Waals surface area contributed by atoms with E-state index in [0.29, 0.717) is 19.0 Å². The standard InChI is InChI=1S/C13H24N2O3S/c1-11-10-19(17,18)9-8-15(11)13(16)6-5-12-4-2-3-7-14-12/h11-12,14H,2-10H2,1H3. The summed E-state index contributed by atoms with van der Waals surface area (Å²) in [6.07, 6.45) is 5.02. The lowest BCUT2D eigenvalue weighted by atomic mass is 10.00. The van der Waals surface area contributed by atoms with Gasteiger partial charge in [-0.3, -0.25) is 4.79 Å². The summed E-state index contributed by atoms with van der Waals surface area (Å²) in [4.78, 5) is 13.9. The minimum absolute atomic E-state index is 0.106. The quantitative estimate of drug-likeness (QED) is 0.824. The van der Waals surface area contributed by atoms with E-state index in [4.69, 9.17) is 0 Å². The van der Waals surface area contributed by atoms with Crippen LogP contribution in [-0.2, 0) is 14.6 Å². The second kappa shape index (κ2) is 6.22. The molecule has 0 aromatic heterocycles. The van der Waals surface area contributed by atoms with E-state index in [0.717, 1.165) is 19.4 Å². The van der Waals surface area contributed by atoms with Crippen molar-refractivity contribution < 1.29 is 13.2 Å². The number of nitrogens with one attached hydrogen (secondary N) is 1. The van der Waals surface area contributed by atoms with E-state index in [9.17, 15) is 13.2 Å². The number of hydrogen-bond acceptors (Lipinski definition) is 4. The molecule has 2 fully saturated rings. The Kier molecular flexibility index (Phi) is 4.84. The van der Waals surface area contributed by atoms with Gasteiger partial charge in [-0.05, 0) is 32.7 Å². The number of piperidine rings is 1. The lowest BCUT2D eigenvalue weighted by molar-refractivity contribution is -0.132. The van der Waals surface area contributed by atoms with Crippen LogP contribution in [0.5, 0.6) is 0 Å². The fourth-order valence-corrected chi connectivity index (χ4v) is 4.54. The van der Waals surface area contributed by atoms with Gasteiger partial charge in [-0.15, -0.1) is 0 Å². The molecular formula is C13H24N2O3S. The molecule has 2 rings (SSSR count). The minimum Gasteiger partial charge on any atom is -0.338 e. The highest BCUT2D eigenvalue weighted by molar-refractivity contribution is 7.91. The van der Waals surface area contributed by atoms with Gasteiger partial charge in [-0.25, -0.2) is 8.42 Å². The largest absolute Gasteiger partial charge is 0.338 e. The highest BCUT2D eigenvalue weighted by Gasteiger charge is 2.31. The summed E-state index contributed by atoms with van der Waals surface area (Å²) in [5, 5.41) is 3.44. The van der Waals surface area contributed by atoms with Crippen molar-refractivity contribution in [3.63, 3.8) is 0 Å². The molecule has 110 valence electrons. The van der Waals surface area contributed by atoms with Gasteiger partial charge in [0.25, 0.3) is 0 Å². The van der Waals surface area contributed by atoms with E-state index in [1.807, 2.05) is 6.92 Å². The molecule has 5 nitrogen and oxygen atoms in total. The molecule has 0 bridgehead atoms. The molecule has 0 spiro atoms. The van der Waals surface area contributed by atoms with E-state index in [-0.39, 0.29) is 23.5 Å². The Bertz CT molecular complexity index is 416. The molecule has 0 saturated carbocycles. The molecule has 2 aliphatic rings. The summed E-state index contributed by atoms with van der Waals surface area (Å²) in [6.45, 7) is 3.24. The first-order chi connectivity index (χ1) is 8.98. The third-order valence-electron chi connectivity index (χ3n) is 4.11. The van der Waals surface area contributed by atoms with Gasteiger partial charge in [0.1, 0.15) is 0 Å². The van der Waals surface area contributed by atoms with Gasteiger partial charge < -0.3 is 10.2 Å². The first-order valence-electron chi connectivity index (χ1n) is 7.21. The normalized spacial score (nSPS) is 31.1. The van der Waals surface area contributed by atoms with Crippen LogP contribution in [0.25, 0.3) is 0 Å². The second-order valence-corrected chi connectivity index (χ2v) is 7.96. The van der Waals surface area contributed by atoms with Gasteiger partial charge in [0.2, 0.25) is 5.91 Å². The number of amides is 1. The number of sulfone groups is 1. The van der Waals surface area contributed by atoms with Gasteiger partial charge in [0, 0.05) is 25.0 Å². The van der Waals surface area contributed by atoms with Crippen LogP contribution in [0, 0.1) is 0 Å². The molecule has 1 N–H and O–H groups in total. The number of carbonyl (C=O) groups is 1. The zero-order valence-electron chi connectivity index (χ0n) is 11.6. The molecule has 2 unspecified atom stereocenters. The predicted octanol–water partition coefficient (Wildman–Crippen LogP) is 0.554. The van der Waals surface area contributed by atoms with E-state index in [1.54, 1.807) is 4.90 Å². The third kappa shape index (κ3) is 4.18. The Hall–Kier alpha value is -0.620. The van der Waals surface area contributed by atoms with Crippen molar-refractivity contribution in [1.82, 2.24) is 10.2 Å². The van der Waals surface area contributed by atoms with Crippen LogP contribution in [0.1, 0.15) is 39.0 Å². The highest BCUT2D eigenvalue weighted by Crippen LogP contribution is 2.16. The fourth-order valence-electron chi connectivity index (χ4n) is 2.98. The SMILES string of the molecule is CC1CS(=O)(=O)CCN1C(=O)CCC1CCCCN1. The molecule has 0 radical (unpaired) electrons. The maximum absolute atomic E-state index is 12.2. The predicted molar refractivity (Wildman–Crippen MR) is 74.7 cm³/mol. The lowest BCUT2D eigenvalue weighted by Crippen LogP contribution is -2.50. The molecule has 2 atom stereocenters. The molecular weight excluding hydrogens is 264 g/mol. The second-order valence-electron chi connectivity index (χ2n) is 5.74. The third-order valence-corrected chi connectivity index (χ3v) is 5.90. The zero-order chi connectivity index (χ0) is 13.9. The molecule has 0 aromatic rings.